The Bertz CT molecular complexity index is 686. The first kappa shape index (κ1) is 19.6. The number of anilines is 1. The van der Waals surface area contributed by atoms with E-state index in [0.29, 0.717) is 12.1 Å². The van der Waals surface area contributed by atoms with Crippen molar-refractivity contribution in [1.82, 2.24) is 15.1 Å². The molecule has 1 aromatic rings. The number of hydrogen-bond donors (Lipinski definition) is 2. The largest absolute Gasteiger partial charge is 0.380 e. The lowest BCUT2D eigenvalue weighted by Gasteiger charge is -2.42. The van der Waals surface area contributed by atoms with Crippen LogP contribution in [0.4, 0.5) is 10.1 Å². The lowest BCUT2D eigenvalue weighted by Crippen LogP contribution is -2.54. The fourth-order valence-electron chi connectivity index (χ4n) is 5.16. The van der Waals surface area contributed by atoms with Gasteiger partial charge in [0, 0.05) is 69.0 Å². The van der Waals surface area contributed by atoms with Crippen molar-refractivity contribution in [1.29, 1.82) is 0 Å². The molecule has 2 fully saturated rings. The van der Waals surface area contributed by atoms with E-state index in [4.69, 9.17) is 0 Å². The fraction of sp³-hybridized carbons (Fsp3) is 0.682. The van der Waals surface area contributed by atoms with E-state index in [2.05, 4.69) is 15.5 Å². The summed E-state index contributed by atoms with van der Waals surface area (Å²) in [6, 6.07) is 4.86. The second kappa shape index (κ2) is 8.37. The highest BCUT2D eigenvalue weighted by Gasteiger charge is 2.31. The van der Waals surface area contributed by atoms with Gasteiger partial charge < -0.3 is 15.5 Å². The first-order valence-corrected chi connectivity index (χ1v) is 10.8. The van der Waals surface area contributed by atoms with Gasteiger partial charge in [0.2, 0.25) is 5.91 Å². The molecule has 3 atom stereocenters. The normalized spacial score (nSPS) is 28.1. The highest BCUT2D eigenvalue weighted by molar-refractivity contribution is 5.73. The van der Waals surface area contributed by atoms with Gasteiger partial charge in [-0.1, -0.05) is 12.5 Å². The van der Waals surface area contributed by atoms with E-state index < -0.39 is 0 Å². The molecule has 0 bridgehead atoms. The van der Waals surface area contributed by atoms with Crippen LogP contribution in [-0.4, -0.2) is 66.6 Å². The maximum atomic E-state index is 14.1. The molecule has 1 saturated heterocycles. The molecule has 154 valence electrons. The Morgan fingerprint density at radius 3 is 2.75 bits per heavy atom. The van der Waals surface area contributed by atoms with Gasteiger partial charge in [0.15, 0.2) is 0 Å². The van der Waals surface area contributed by atoms with Gasteiger partial charge in [-0.15, -0.1) is 0 Å². The minimum atomic E-state index is -0.0852. The van der Waals surface area contributed by atoms with Crippen LogP contribution in [-0.2, 0) is 11.2 Å². The summed E-state index contributed by atoms with van der Waals surface area (Å²) in [5, 5.41) is 7.28. The van der Waals surface area contributed by atoms with Gasteiger partial charge in [0.25, 0.3) is 0 Å². The molecule has 1 aromatic carbocycles. The average Bonchev–Trinajstić information content (AvgIpc) is 3.15. The number of fused-ring (bicyclic) bond motifs is 1. The van der Waals surface area contributed by atoms with Crippen LogP contribution >= 0.6 is 0 Å². The molecular formula is C22H33FN4O. The molecule has 4 rings (SSSR count). The molecule has 0 radical (unpaired) electrons. The molecule has 3 aliphatic rings. The quantitative estimate of drug-likeness (QED) is 0.832. The molecular weight excluding hydrogens is 355 g/mol. The van der Waals surface area contributed by atoms with E-state index >= 15 is 0 Å². The highest BCUT2D eigenvalue weighted by atomic mass is 19.1. The van der Waals surface area contributed by atoms with Crippen molar-refractivity contribution >= 4 is 11.6 Å². The van der Waals surface area contributed by atoms with Gasteiger partial charge in [-0.25, -0.2) is 4.39 Å². The lowest BCUT2D eigenvalue weighted by atomic mass is 9.89. The number of benzene rings is 1. The van der Waals surface area contributed by atoms with Crippen LogP contribution in [0.2, 0.25) is 0 Å². The minimum Gasteiger partial charge on any atom is -0.380 e. The van der Waals surface area contributed by atoms with Crippen molar-refractivity contribution in [3.63, 3.8) is 0 Å². The Labute approximate surface area is 167 Å². The van der Waals surface area contributed by atoms with Crippen LogP contribution in [0.25, 0.3) is 0 Å². The predicted molar refractivity (Wildman–Crippen MR) is 110 cm³/mol. The number of carbonyl (C=O) groups excluding carboxylic acids is 1. The number of piperazine rings is 1. The molecule has 6 heteroatoms. The lowest BCUT2D eigenvalue weighted by molar-refractivity contribution is -0.131. The van der Waals surface area contributed by atoms with Crippen molar-refractivity contribution in [2.24, 2.45) is 0 Å². The minimum absolute atomic E-state index is 0.0852. The monoisotopic (exact) mass is 388 g/mol. The second-order valence-corrected chi connectivity index (χ2v) is 8.73. The highest BCUT2D eigenvalue weighted by Crippen LogP contribution is 2.31. The average molecular weight is 389 g/mol. The molecule has 1 amide bonds. The number of halogens is 1. The van der Waals surface area contributed by atoms with Crippen molar-refractivity contribution in [2.75, 3.05) is 38.0 Å². The van der Waals surface area contributed by atoms with Gasteiger partial charge in [-0.2, -0.15) is 0 Å². The molecule has 2 unspecified atom stereocenters. The zero-order chi connectivity index (χ0) is 19.7. The van der Waals surface area contributed by atoms with E-state index in [1.54, 1.807) is 13.0 Å². The first-order valence-electron chi connectivity index (χ1n) is 10.8. The molecule has 1 aliphatic carbocycles. The van der Waals surface area contributed by atoms with Crippen LogP contribution in [0.5, 0.6) is 0 Å². The first-order chi connectivity index (χ1) is 13.5. The van der Waals surface area contributed by atoms with Gasteiger partial charge in [0.05, 0.1) is 0 Å². The molecule has 0 aromatic heterocycles. The Kier molecular flexibility index (Phi) is 5.88. The SMILES string of the molecule is CC(=O)N1CCN(C2CCC[C@@H](NCC3Cc4c(F)ccc(C)c4N3)C2)CC1. The number of amides is 1. The Balaban J connectivity index is 1.26. The Morgan fingerprint density at radius 2 is 2.04 bits per heavy atom. The van der Waals surface area contributed by atoms with Crippen LogP contribution in [0, 0.1) is 12.7 Å². The van der Waals surface area contributed by atoms with Crippen molar-refractivity contribution in [2.45, 2.75) is 64.1 Å². The van der Waals surface area contributed by atoms with Crippen LogP contribution < -0.4 is 10.6 Å². The second-order valence-electron chi connectivity index (χ2n) is 8.73. The summed E-state index contributed by atoms with van der Waals surface area (Å²) in [6.07, 6.45) is 5.67. The third-order valence-corrected chi connectivity index (χ3v) is 6.84. The molecule has 28 heavy (non-hydrogen) atoms. The maximum absolute atomic E-state index is 14.1. The standard InChI is InChI=1S/C22H33FN4O/c1-15-6-7-21(23)20-13-18(25-22(15)20)14-24-17-4-3-5-19(12-17)27-10-8-26(9-11-27)16(2)28/h6-7,17-19,24-25H,3-5,8-14H2,1-2H3/t17-,18?,19?/m1/s1. The van der Waals surface area contributed by atoms with Gasteiger partial charge in [0.1, 0.15) is 5.82 Å². The summed E-state index contributed by atoms with van der Waals surface area (Å²) in [6.45, 7) is 8.29. The van der Waals surface area contributed by atoms with Crippen molar-refractivity contribution in [3.8, 4) is 0 Å². The number of nitrogens with zero attached hydrogens (tertiary/aromatic N) is 2. The van der Waals surface area contributed by atoms with Crippen LogP contribution in [0.1, 0.15) is 43.7 Å². The number of nitrogens with one attached hydrogen (secondary N) is 2. The smallest absolute Gasteiger partial charge is 0.219 e. The topological polar surface area (TPSA) is 47.6 Å². The zero-order valence-corrected chi connectivity index (χ0v) is 17.1. The zero-order valence-electron chi connectivity index (χ0n) is 17.1. The summed E-state index contributed by atoms with van der Waals surface area (Å²) in [5.41, 5.74) is 2.97. The summed E-state index contributed by atoms with van der Waals surface area (Å²) >= 11 is 0. The molecule has 5 nitrogen and oxygen atoms in total. The summed E-state index contributed by atoms with van der Waals surface area (Å²) in [4.78, 5) is 16.1. The van der Waals surface area contributed by atoms with Crippen molar-refractivity contribution in [3.05, 3.63) is 29.1 Å². The number of rotatable bonds is 4. The third-order valence-electron chi connectivity index (χ3n) is 6.84. The van der Waals surface area contributed by atoms with E-state index in [0.717, 1.165) is 56.0 Å². The van der Waals surface area contributed by atoms with Crippen molar-refractivity contribution < 1.29 is 9.18 Å². The van der Waals surface area contributed by atoms with E-state index in [9.17, 15) is 9.18 Å². The Morgan fingerprint density at radius 1 is 1.25 bits per heavy atom. The summed E-state index contributed by atoms with van der Waals surface area (Å²) in [7, 11) is 0. The molecule has 2 N–H and O–H groups in total. The number of aryl methyl sites for hydroxylation is 1. The maximum Gasteiger partial charge on any atom is 0.219 e. The number of carbonyl (C=O) groups is 1. The molecule has 0 spiro atoms. The molecule has 2 aliphatic heterocycles. The summed E-state index contributed by atoms with van der Waals surface area (Å²) in [5.74, 6) is 0.109. The third kappa shape index (κ3) is 4.18. The van der Waals surface area contributed by atoms with Crippen LogP contribution in [0.3, 0.4) is 0 Å². The number of hydrogen-bond acceptors (Lipinski definition) is 4. The van der Waals surface area contributed by atoms with E-state index in [-0.39, 0.29) is 17.8 Å². The van der Waals surface area contributed by atoms with Gasteiger partial charge >= 0.3 is 0 Å². The van der Waals surface area contributed by atoms with Gasteiger partial charge in [-0.3, -0.25) is 9.69 Å². The van der Waals surface area contributed by atoms with Crippen LogP contribution in [0.15, 0.2) is 12.1 Å². The molecule has 1 saturated carbocycles. The Hall–Kier alpha value is -1.66. The van der Waals surface area contributed by atoms with E-state index in [1.165, 1.54) is 25.7 Å². The molecule has 2 heterocycles. The van der Waals surface area contributed by atoms with E-state index in [1.807, 2.05) is 17.9 Å². The fourth-order valence-corrected chi connectivity index (χ4v) is 5.16. The summed E-state index contributed by atoms with van der Waals surface area (Å²) < 4.78 is 14.1. The predicted octanol–water partition coefficient (Wildman–Crippen LogP) is 2.54. The van der Waals surface area contributed by atoms with Gasteiger partial charge in [-0.05, 0) is 44.2 Å².